The van der Waals surface area contributed by atoms with E-state index in [4.69, 9.17) is 4.42 Å². The van der Waals surface area contributed by atoms with Gasteiger partial charge in [0.25, 0.3) is 0 Å². The van der Waals surface area contributed by atoms with Gasteiger partial charge < -0.3 is 14.6 Å². The molecule has 1 saturated carbocycles. The van der Waals surface area contributed by atoms with Crippen LogP contribution in [-0.4, -0.2) is 46.6 Å². The Balaban J connectivity index is 1.40. The molecule has 1 N–H and O–H groups in total. The molecule has 6 nitrogen and oxygen atoms in total. The standard InChI is InChI=1S/C18H20F2N4O2/c1-11(16(25)24-9-13(14(19)20)18(10-24)7-8-18)21-17-23-22-15(26-17)12-5-3-2-4-6-12/h2-6,11,13-14H,7-10H2,1H3,(H,21,23)/t11-,13-/m1/s1. The average molecular weight is 362 g/mol. The number of halogens is 2. The molecular weight excluding hydrogens is 342 g/mol. The van der Waals surface area contributed by atoms with Crippen LogP contribution in [0.25, 0.3) is 11.5 Å². The van der Waals surface area contributed by atoms with Gasteiger partial charge in [-0.1, -0.05) is 23.3 Å². The number of rotatable bonds is 5. The van der Waals surface area contributed by atoms with E-state index in [1.54, 1.807) is 6.92 Å². The van der Waals surface area contributed by atoms with Crippen LogP contribution in [0.2, 0.25) is 0 Å². The molecule has 1 saturated heterocycles. The van der Waals surface area contributed by atoms with E-state index in [1.165, 1.54) is 4.90 Å². The maximum absolute atomic E-state index is 13.2. The highest BCUT2D eigenvalue weighted by molar-refractivity contribution is 5.84. The number of anilines is 1. The quantitative estimate of drug-likeness (QED) is 0.885. The molecule has 2 atom stereocenters. The third-order valence-corrected chi connectivity index (χ3v) is 5.37. The molecule has 1 aromatic carbocycles. The van der Waals surface area contributed by atoms with E-state index in [0.717, 1.165) is 18.4 Å². The van der Waals surface area contributed by atoms with E-state index in [0.29, 0.717) is 12.4 Å². The Morgan fingerprint density at radius 2 is 2.04 bits per heavy atom. The highest BCUT2D eigenvalue weighted by Gasteiger charge is 2.59. The molecule has 1 spiro atoms. The van der Waals surface area contributed by atoms with Gasteiger partial charge in [0, 0.05) is 24.6 Å². The average Bonchev–Trinajstić information content (AvgIpc) is 3.08. The van der Waals surface area contributed by atoms with Gasteiger partial charge in [0.05, 0.1) is 0 Å². The first-order valence-corrected chi connectivity index (χ1v) is 8.71. The third-order valence-electron chi connectivity index (χ3n) is 5.37. The van der Waals surface area contributed by atoms with Gasteiger partial charge in [-0.15, -0.1) is 5.10 Å². The molecule has 2 aliphatic rings. The van der Waals surface area contributed by atoms with Crippen LogP contribution in [0.5, 0.6) is 0 Å². The summed E-state index contributed by atoms with van der Waals surface area (Å²) < 4.78 is 32.0. The zero-order valence-electron chi connectivity index (χ0n) is 14.4. The van der Waals surface area contributed by atoms with Gasteiger partial charge >= 0.3 is 6.01 Å². The van der Waals surface area contributed by atoms with Gasteiger partial charge in [0.2, 0.25) is 18.2 Å². The fourth-order valence-corrected chi connectivity index (χ4v) is 3.70. The second kappa shape index (κ2) is 6.34. The molecule has 1 aliphatic carbocycles. The lowest BCUT2D eigenvalue weighted by molar-refractivity contribution is -0.131. The van der Waals surface area contributed by atoms with Crippen LogP contribution in [0.3, 0.4) is 0 Å². The van der Waals surface area contributed by atoms with Crippen LogP contribution < -0.4 is 5.32 Å². The molecule has 8 heteroatoms. The lowest BCUT2D eigenvalue weighted by Gasteiger charge is -2.21. The van der Waals surface area contributed by atoms with Crippen molar-refractivity contribution >= 4 is 11.9 Å². The highest BCUT2D eigenvalue weighted by Crippen LogP contribution is 2.58. The van der Waals surface area contributed by atoms with Gasteiger partial charge in [0.15, 0.2) is 0 Å². The molecule has 1 amide bonds. The van der Waals surface area contributed by atoms with Crippen molar-refractivity contribution in [1.29, 1.82) is 0 Å². The number of likely N-dealkylation sites (tertiary alicyclic amines) is 1. The molecule has 1 aliphatic heterocycles. The number of benzene rings is 1. The fraction of sp³-hybridized carbons (Fsp3) is 0.500. The Hall–Kier alpha value is -2.51. The predicted octanol–water partition coefficient (Wildman–Crippen LogP) is 3.04. The van der Waals surface area contributed by atoms with E-state index in [1.807, 2.05) is 30.3 Å². The van der Waals surface area contributed by atoms with Gasteiger partial charge in [-0.3, -0.25) is 4.79 Å². The molecule has 2 aromatic rings. The molecule has 26 heavy (non-hydrogen) atoms. The molecule has 2 heterocycles. The van der Waals surface area contributed by atoms with Gasteiger partial charge in [-0.05, 0) is 37.3 Å². The summed E-state index contributed by atoms with van der Waals surface area (Å²) in [7, 11) is 0. The second-order valence-corrected chi connectivity index (χ2v) is 7.17. The van der Waals surface area contributed by atoms with E-state index in [9.17, 15) is 13.6 Å². The normalized spacial score (nSPS) is 22.0. The monoisotopic (exact) mass is 362 g/mol. The van der Waals surface area contributed by atoms with E-state index < -0.39 is 18.4 Å². The maximum Gasteiger partial charge on any atom is 0.316 e. The fourth-order valence-electron chi connectivity index (χ4n) is 3.70. The van der Waals surface area contributed by atoms with Crippen LogP contribution in [0, 0.1) is 11.3 Å². The molecule has 2 fully saturated rings. The molecular formula is C18H20F2N4O2. The Kier molecular flexibility index (Phi) is 4.13. The Labute approximate surface area is 149 Å². The number of hydrogen-bond donors (Lipinski definition) is 1. The Morgan fingerprint density at radius 3 is 2.65 bits per heavy atom. The maximum atomic E-state index is 13.2. The minimum atomic E-state index is -2.39. The number of carbonyl (C=O) groups is 1. The predicted molar refractivity (Wildman–Crippen MR) is 90.6 cm³/mol. The minimum absolute atomic E-state index is 0.113. The lowest BCUT2D eigenvalue weighted by Crippen LogP contribution is -2.40. The van der Waals surface area contributed by atoms with Crippen molar-refractivity contribution in [2.75, 3.05) is 18.4 Å². The second-order valence-electron chi connectivity index (χ2n) is 7.17. The lowest BCUT2D eigenvalue weighted by atomic mass is 9.93. The smallest absolute Gasteiger partial charge is 0.316 e. The van der Waals surface area contributed by atoms with Crippen molar-refractivity contribution in [3.05, 3.63) is 30.3 Å². The molecule has 0 radical (unpaired) electrons. The van der Waals surface area contributed by atoms with Crippen LogP contribution in [0.4, 0.5) is 14.8 Å². The number of alkyl halides is 2. The topological polar surface area (TPSA) is 71.3 Å². The molecule has 1 aromatic heterocycles. The molecule has 138 valence electrons. The summed E-state index contributed by atoms with van der Waals surface area (Å²) in [5.74, 6) is -0.589. The zero-order valence-corrected chi connectivity index (χ0v) is 14.4. The highest BCUT2D eigenvalue weighted by atomic mass is 19.3. The van der Waals surface area contributed by atoms with Gasteiger partial charge in [0.1, 0.15) is 6.04 Å². The number of carbonyl (C=O) groups excluding carboxylic acids is 1. The van der Waals surface area contributed by atoms with Crippen molar-refractivity contribution in [3.63, 3.8) is 0 Å². The molecule has 4 rings (SSSR count). The Morgan fingerprint density at radius 1 is 1.31 bits per heavy atom. The van der Waals surface area contributed by atoms with Crippen LogP contribution in [0.1, 0.15) is 19.8 Å². The summed E-state index contributed by atoms with van der Waals surface area (Å²) in [5.41, 5.74) is 0.413. The first-order valence-electron chi connectivity index (χ1n) is 8.71. The van der Waals surface area contributed by atoms with E-state index >= 15 is 0 Å². The first-order chi connectivity index (χ1) is 12.5. The Bertz CT molecular complexity index is 791. The first kappa shape index (κ1) is 16.9. The van der Waals surface area contributed by atoms with Crippen LogP contribution >= 0.6 is 0 Å². The molecule has 0 bridgehead atoms. The van der Waals surface area contributed by atoms with Crippen LogP contribution in [-0.2, 0) is 4.79 Å². The third kappa shape index (κ3) is 3.04. The van der Waals surface area contributed by atoms with Gasteiger partial charge in [-0.25, -0.2) is 8.78 Å². The zero-order chi connectivity index (χ0) is 18.3. The summed E-state index contributed by atoms with van der Waals surface area (Å²) in [5, 5.41) is 10.8. The van der Waals surface area contributed by atoms with Crippen molar-refractivity contribution in [3.8, 4) is 11.5 Å². The van der Waals surface area contributed by atoms with E-state index in [2.05, 4.69) is 15.5 Å². The van der Waals surface area contributed by atoms with Crippen molar-refractivity contribution in [1.82, 2.24) is 15.1 Å². The van der Waals surface area contributed by atoms with Crippen molar-refractivity contribution in [2.24, 2.45) is 11.3 Å². The summed E-state index contributed by atoms with van der Waals surface area (Å²) >= 11 is 0. The van der Waals surface area contributed by atoms with Gasteiger partial charge in [-0.2, -0.15) is 0 Å². The summed E-state index contributed by atoms with van der Waals surface area (Å²) in [4.78, 5) is 14.2. The number of hydrogen-bond acceptors (Lipinski definition) is 5. The number of aromatic nitrogens is 2. The minimum Gasteiger partial charge on any atom is -0.403 e. The van der Waals surface area contributed by atoms with Crippen molar-refractivity contribution in [2.45, 2.75) is 32.2 Å². The number of nitrogens with one attached hydrogen (secondary N) is 1. The summed E-state index contributed by atoms with van der Waals surface area (Å²) in [6.45, 7) is 2.19. The van der Waals surface area contributed by atoms with Crippen LogP contribution in [0.15, 0.2) is 34.7 Å². The number of nitrogens with zero attached hydrogens (tertiary/aromatic N) is 3. The largest absolute Gasteiger partial charge is 0.403 e. The summed E-state index contributed by atoms with van der Waals surface area (Å²) in [6, 6.07) is 8.79. The van der Waals surface area contributed by atoms with Crippen molar-refractivity contribution < 1.29 is 18.0 Å². The summed E-state index contributed by atoms with van der Waals surface area (Å²) in [6.07, 6.45) is -0.835. The van der Waals surface area contributed by atoms with E-state index in [-0.39, 0.29) is 23.9 Å². The molecule has 0 unspecified atom stereocenters. The SMILES string of the molecule is C[C@@H](Nc1nnc(-c2ccccc2)o1)C(=O)N1C[C@H](C(F)F)C2(CC2)C1. The number of amides is 1.